The molecular weight excluding hydrogens is 421 g/mol. The van der Waals surface area contributed by atoms with Crippen molar-refractivity contribution >= 4 is 40.5 Å². The number of hydrogen-bond donors (Lipinski definition) is 0. The molecule has 0 N–H and O–H groups in total. The monoisotopic (exact) mass is 439 g/mol. The van der Waals surface area contributed by atoms with E-state index in [0.29, 0.717) is 37.0 Å². The maximum absolute atomic E-state index is 6.05. The summed E-state index contributed by atoms with van der Waals surface area (Å²) in [5.74, 6) is 1.50. The van der Waals surface area contributed by atoms with E-state index in [4.69, 9.17) is 49.1 Å². The van der Waals surface area contributed by atoms with Gasteiger partial charge in [-0.05, 0) is 37.1 Å². The third kappa shape index (κ3) is 5.81. The molecule has 0 aliphatic heterocycles. The summed E-state index contributed by atoms with van der Waals surface area (Å²) in [6.45, 7) is 1.31. The highest BCUT2D eigenvalue weighted by Crippen LogP contribution is 2.31. The number of benzene rings is 2. The first-order valence-corrected chi connectivity index (χ1v) is 10.1. The normalized spacial score (nSPS) is 13.9. The van der Waals surface area contributed by atoms with Gasteiger partial charge in [0.25, 0.3) is 0 Å². The minimum Gasteiger partial charge on any atom is -0.492 e. The summed E-state index contributed by atoms with van der Waals surface area (Å²) < 4.78 is 11.6. The maximum Gasteiger partial charge on any atom is 0.137 e. The van der Waals surface area contributed by atoms with E-state index in [1.54, 1.807) is 12.1 Å². The average molecular weight is 441 g/mol. The van der Waals surface area contributed by atoms with Gasteiger partial charge < -0.3 is 14.3 Å². The first-order valence-electron chi connectivity index (χ1n) is 8.97. The lowest BCUT2D eigenvalue weighted by Crippen LogP contribution is -2.03. The van der Waals surface area contributed by atoms with Crippen LogP contribution in [0.15, 0.2) is 58.2 Å². The van der Waals surface area contributed by atoms with E-state index in [0.717, 1.165) is 35.4 Å². The van der Waals surface area contributed by atoms with Crippen LogP contribution in [0.2, 0.25) is 5.02 Å². The van der Waals surface area contributed by atoms with Crippen molar-refractivity contribution in [2.75, 3.05) is 19.8 Å². The topological polar surface area (TPSA) is 40.0 Å². The second kappa shape index (κ2) is 10.6. The smallest absolute Gasteiger partial charge is 0.137 e. The molecule has 148 valence electrons. The lowest BCUT2D eigenvalue weighted by molar-refractivity contribution is 0.127. The Balaban J connectivity index is 1.48. The van der Waals surface area contributed by atoms with Crippen molar-refractivity contribution in [1.82, 2.24) is 0 Å². The molecule has 2 aromatic rings. The van der Waals surface area contributed by atoms with Crippen LogP contribution >= 0.6 is 34.8 Å². The van der Waals surface area contributed by atoms with Gasteiger partial charge in [0, 0.05) is 17.5 Å². The van der Waals surface area contributed by atoms with Crippen LogP contribution in [0.5, 0.6) is 11.5 Å². The molecule has 0 atom stereocenters. The van der Waals surface area contributed by atoms with Crippen molar-refractivity contribution in [3.8, 4) is 11.5 Å². The molecule has 1 aliphatic carbocycles. The molecule has 4 nitrogen and oxygen atoms in total. The molecule has 0 heterocycles. The molecule has 0 spiro atoms. The summed E-state index contributed by atoms with van der Waals surface area (Å²) in [5, 5.41) is 4.91. The molecule has 0 saturated carbocycles. The number of fused-ring (bicyclic) bond motifs is 1. The van der Waals surface area contributed by atoms with E-state index in [1.807, 2.05) is 36.4 Å². The van der Waals surface area contributed by atoms with Crippen molar-refractivity contribution in [1.29, 1.82) is 0 Å². The first kappa shape index (κ1) is 20.8. The maximum atomic E-state index is 6.05. The molecule has 1 aliphatic rings. The molecule has 0 unspecified atom stereocenters. The summed E-state index contributed by atoms with van der Waals surface area (Å²) in [4.78, 5) is 5.48. The van der Waals surface area contributed by atoms with Gasteiger partial charge in [-0.15, -0.1) is 0 Å². The molecule has 0 radical (unpaired) electrons. The quantitative estimate of drug-likeness (QED) is 0.345. The van der Waals surface area contributed by atoms with E-state index >= 15 is 0 Å². The number of nitrogens with zero attached hydrogens (tertiary/aromatic N) is 1. The Hall–Kier alpha value is -1.88. The van der Waals surface area contributed by atoms with Gasteiger partial charge in [0.15, 0.2) is 0 Å². The van der Waals surface area contributed by atoms with E-state index in [2.05, 4.69) is 5.16 Å². The number of halogens is 3. The molecule has 28 heavy (non-hydrogen) atoms. The Bertz CT molecular complexity index is 864. The van der Waals surface area contributed by atoms with Crippen molar-refractivity contribution in [3.63, 3.8) is 0 Å². The van der Waals surface area contributed by atoms with E-state index in [1.165, 1.54) is 0 Å². The molecule has 0 bridgehead atoms. The molecular formula is C21H20Cl3NO3. The number of para-hydroxylation sites is 1. The lowest BCUT2D eigenvalue weighted by Gasteiger charge is -2.09. The Labute approximate surface area is 179 Å². The predicted octanol–water partition coefficient (Wildman–Crippen LogP) is 6.17. The number of hydrogen-bond acceptors (Lipinski definition) is 4. The fraction of sp³-hybridized carbons (Fsp3) is 0.286. The van der Waals surface area contributed by atoms with Crippen LogP contribution in [0, 0.1) is 0 Å². The minimum absolute atomic E-state index is 0.196. The second-order valence-electron chi connectivity index (χ2n) is 6.09. The van der Waals surface area contributed by atoms with Crippen LogP contribution in [0.1, 0.15) is 24.0 Å². The molecule has 3 rings (SSSR count). The van der Waals surface area contributed by atoms with Crippen LogP contribution in [0.25, 0.3) is 0 Å². The van der Waals surface area contributed by atoms with Crippen LogP contribution in [0.3, 0.4) is 0 Å². The molecule has 0 aromatic heterocycles. The van der Waals surface area contributed by atoms with Gasteiger partial charge in [0.1, 0.15) is 29.2 Å². The van der Waals surface area contributed by atoms with Crippen LogP contribution < -0.4 is 9.47 Å². The zero-order chi connectivity index (χ0) is 19.8. The summed E-state index contributed by atoms with van der Waals surface area (Å²) in [7, 11) is 0. The zero-order valence-electron chi connectivity index (χ0n) is 15.2. The van der Waals surface area contributed by atoms with Crippen LogP contribution in [0.4, 0.5) is 0 Å². The predicted molar refractivity (Wildman–Crippen MR) is 114 cm³/mol. The van der Waals surface area contributed by atoms with Crippen molar-refractivity contribution in [2.45, 2.75) is 19.3 Å². The van der Waals surface area contributed by atoms with Crippen LogP contribution in [-0.4, -0.2) is 25.5 Å². The van der Waals surface area contributed by atoms with Crippen molar-refractivity contribution in [2.24, 2.45) is 5.16 Å². The summed E-state index contributed by atoms with van der Waals surface area (Å²) in [5.41, 5.74) is 3.12. The second-order valence-corrected chi connectivity index (χ2v) is 7.51. The van der Waals surface area contributed by atoms with Crippen molar-refractivity contribution in [3.05, 3.63) is 69.2 Å². The van der Waals surface area contributed by atoms with E-state index < -0.39 is 0 Å². The fourth-order valence-corrected chi connectivity index (χ4v) is 3.20. The largest absolute Gasteiger partial charge is 0.492 e. The van der Waals surface area contributed by atoms with Gasteiger partial charge in [-0.25, -0.2) is 0 Å². The fourth-order valence-electron chi connectivity index (χ4n) is 2.89. The van der Waals surface area contributed by atoms with Crippen molar-refractivity contribution < 1.29 is 14.3 Å². The molecule has 0 fully saturated rings. The van der Waals surface area contributed by atoms with Gasteiger partial charge >= 0.3 is 0 Å². The lowest BCUT2D eigenvalue weighted by atomic mass is 10.1. The standard InChI is InChI=1S/C21H20Cl3NO3/c22-17-6-1-2-7-20(17)26-12-4-13-28-25-18-10-9-16-15(18)5-3-8-19(16)27-14-11-21(23)24/h1-3,5-8,11H,4,9-10,12-14H2/b25-18+. The minimum atomic E-state index is 0.196. The molecule has 0 amide bonds. The van der Waals surface area contributed by atoms with E-state index in [9.17, 15) is 0 Å². The summed E-state index contributed by atoms with van der Waals surface area (Å²) >= 11 is 17.3. The Morgan fingerprint density at radius 1 is 0.964 bits per heavy atom. The number of rotatable bonds is 9. The summed E-state index contributed by atoms with van der Waals surface area (Å²) in [6.07, 6.45) is 4.00. The third-order valence-corrected chi connectivity index (χ3v) is 4.80. The zero-order valence-corrected chi connectivity index (χ0v) is 17.4. The third-order valence-electron chi connectivity index (χ3n) is 4.18. The molecule has 2 aromatic carbocycles. The highest BCUT2D eigenvalue weighted by molar-refractivity contribution is 6.55. The average Bonchev–Trinajstić information content (AvgIpc) is 3.09. The Kier molecular flexibility index (Phi) is 7.90. The van der Waals surface area contributed by atoms with Gasteiger partial charge in [-0.3, -0.25) is 0 Å². The van der Waals surface area contributed by atoms with Gasteiger partial charge in [-0.2, -0.15) is 0 Å². The molecule has 0 saturated heterocycles. The Morgan fingerprint density at radius 2 is 1.79 bits per heavy atom. The highest BCUT2D eigenvalue weighted by atomic mass is 35.5. The number of ether oxygens (including phenoxy) is 2. The SMILES string of the molecule is ClC(Cl)=CCOc1cccc2c1CC/C2=N\OCCCOc1ccccc1Cl. The van der Waals surface area contributed by atoms with Gasteiger partial charge in [0.2, 0.25) is 0 Å². The first-order chi connectivity index (χ1) is 13.6. The van der Waals surface area contributed by atoms with Crippen LogP contribution in [-0.2, 0) is 11.3 Å². The highest BCUT2D eigenvalue weighted by Gasteiger charge is 2.21. The summed E-state index contributed by atoms with van der Waals surface area (Å²) in [6, 6.07) is 13.3. The van der Waals surface area contributed by atoms with Gasteiger partial charge in [-0.1, -0.05) is 64.2 Å². The number of oxime groups is 1. The Morgan fingerprint density at radius 3 is 2.61 bits per heavy atom. The van der Waals surface area contributed by atoms with Gasteiger partial charge in [0.05, 0.1) is 17.3 Å². The molecule has 7 heteroatoms. The van der Waals surface area contributed by atoms with E-state index in [-0.39, 0.29) is 4.49 Å².